The molecule has 1 unspecified atom stereocenters. The fourth-order valence-electron chi connectivity index (χ4n) is 2.50. The van der Waals surface area contributed by atoms with Crippen LogP contribution in [-0.2, 0) is 16.7 Å². The van der Waals surface area contributed by atoms with Crippen LogP contribution in [0.25, 0.3) is 0 Å². The lowest BCUT2D eigenvalue weighted by Crippen LogP contribution is -2.40. The summed E-state index contributed by atoms with van der Waals surface area (Å²) < 4.78 is 28.1. The number of hydrogen-bond donors (Lipinski definition) is 1. The molecule has 0 aliphatic carbocycles. The molecule has 0 fully saturated rings. The lowest BCUT2D eigenvalue weighted by molar-refractivity contribution is 0.187. The molecule has 2 aromatic carbocycles. The summed E-state index contributed by atoms with van der Waals surface area (Å²) in [5, 5.41) is 3.49. The van der Waals surface area contributed by atoms with E-state index in [1.807, 2.05) is 13.8 Å². The van der Waals surface area contributed by atoms with Crippen molar-refractivity contribution in [3.63, 3.8) is 0 Å². The first-order valence-corrected chi connectivity index (χ1v) is 11.5. The van der Waals surface area contributed by atoms with Gasteiger partial charge in [-0.1, -0.05) is 48.3 Å². The van der Waals surface area contributed by atoms with Gasteiger partial charge < -0.3 is 14.4 Å². The van der Waals surface area contributed by atoms with Gasteiger partial charge in [-0.2, -0.15) is 8.42 Å². The topological polar surface area (TPSA) is 75.7 Å². The monoisotopic (exact) mass is 458 g/mol. The number of halogens is 2. The Bertz CT molecular complexity index is 929. The van der Waals surface area contributed by atoms with Gasteiger partial charge in [0, 0.05) is 12.6 Å². The van der Waals surface area contributed by atoms with E-state index in [1.165, 1.54) is 6.92 Å². The fraction of sp³-hybridized carbons (Fsp3) is 0.350. The normalized spacial score (nSPS) is 12.3. The molecule has 2 rings (SSSR count). The van der Waals surface area contributed by atoms with Crippen LogP contribution in [0.2, 0.25) is 10.0 Å². The summed E-state index contributed by atoms with van der Waals surface area (Å²) in [5.74, 6) is 0.124. The molecule has 0 saturated carbocycles. The van der Waals surface area contributed by atoms with E-state index in [9.17, 15) is 13.2 Å². The molecule has 29 heavy (non-hydrogen) atoms. The highest BCUT2D eigenvalue weighted by Gasteiger charge is 2.21. The third-order valence-electron chi connectivity index (χ3n) is 4.43. The number of rotatable bonds is 8. The minimum absolute atomic E-state index is 0.0485. The summed E-state index contributed by atoms with van der Waals surface area (Å²) in [6, 6.07) is 11.2. The number of para-hydroxylation sites is 1. The summed E-state index contributed by atoms with van der Waals surface area (Å²) in [6.45, 7) is 5.76. The van der Waals surface area contributed by atoms with Crippen LogP contribution in [0.15, 0.2) is 42.5 Å². The highest BCUT2D eigenvalue weighted by Crippen LogP contribution is 2.30. The van der Waals surface area contributed by atoms with Crippen LogP contribution in [0.1, 0.15) is 32.8 Å². The number of carbonyl (C=O) groups excluding carboxylic acids is 1. The van der Waals surface area contributed by atoms with Gasteiger partial charge >= 0.3 is 16.1 Å². The first-order chi connectivity index (χ1) is 13.7. The molecular weight excluding hydrogens is 435 g/mol. The van der Waals surface area contributed by atoms with Gasteiger partial charge in [0.15, 0.2) is 0 Å². The summed E-state index contributed by atoms with van der Waals surface area (Å²) in [5.41, 5.74) is 1.19. The summed E-state index contributed by atoms with van der Waals surface area (Å²) in [6.07, 6.45) is 0.750. The van der Waals surface area contributed by atoms with Crippen LogP contribution < -0.4 is 9.50 Å². The van der Waals surface area contributed by atoms with Crippen LogP contribution in [0.5, 0.6) is 5.75 Å². The van der Waals surface area contributed by atoms with Crippen molar-refractivity contribution in [3.05, 3.63) is 58.1 Å². The second-order valence-electron chi connectivity index (χ2n) is 6.49. The Labute approximate surface area is 181 Å². The van der Waals surface area contributed by atoms with Crippen molar-refractivity contribution in [2.75, 3.05) is 11.1 Å². The van der Waals surface area contributed by atoms with Gasteiger partial charge in [-0.15, -0.1) is 0 Å². The average Bonchev–Trinajstić information content (AvgIpc) is 2.69. The quantitative estimate of drug-likeness (QED) is 0.525. The van der Waals surface area contributed by atoms with Crippen LogP contribution in [0.3, 0.4) is 0 Å². The summed E-state index contributed by atoms with van der Waals surface area (Å²) in [7, 11) is -3.58. The first kappa shape index (κ1) is 23.3. The van der Waals surface area contributed by atoms with Crippen LogP contribution in [-0.4, -0.2) is 31.1 Å². The van der Waals surface area contributed by atoms with Gasteiger partial charge in [0.25, 0.3) is 0 Å². The molecule has 0 aliphatic rings. The molecular formula is C20H24Cl2N2O4S. The number of nitrogens with zero attached hydrogens (tertiary/aromatic N) is 1. The lowest BCUT2D eigenvalue weighted by atomic mass is 10.1. The minimum atomic E-state index is -3.58. The second-order valence-corrected chi connectivity index (χ2v) is 9.16. The number of anilines is 1. The number of benzene rings is 2. The number of nitrogens with one attached hydrogen (secondary N) is 1. The van der Waals surface area contributed by atoms with Crippen molar-refractivity contribution in [2.24, 2.45) is 0 Å². The van der Waals surface area contributed by atoms with Crippen molar-refractivity contribution in [1.82, 2.24) is 4.90 Å². The molecule has 9 heteroatoms. The van der Waals surface area contributed by atoms with Crippen LogP contribution in [0, 0.1) is 0 Å². The second kappa shape index (κ2) is 10.2. The average molecular weight is 459 g/mol. The van der Waals surface area contributed by atoms with E-state index in [4.69, 9.17) is 27.4 Å². The molecule has 0 aliphatic heterocycles. The smallest absolute Gasteiger partial charge is 0.322 e. The maximum absolute atomic E-state index is 12.9. The van der Waals surface area contributed by atoms with E-state index in [1.54, 1.807) is 47.4 Å². The Hall–Kier alpha value is -1.96. The van der Waals surface area contributed by atoms with Gasteiger partial charge in [-0.25, -0.2) is 4.79 Å². The maximum Gasteiger partial charge on any atom is 0.322 e. The predicted molar refractivity (Wildman–Crippen MR) is 117 cm³/mol. The molecule has 0 radical (unpaired) electrons. The van der Waals surface area contributed by atoms with E-state index in [0.717, 1.165) is 12.0 Å². The lowest BCUT2D eigenvalue weighted by Gasteiger charge is -2.29. The molecule has 1 atom stereocenters. The van der Waals surface area contributed by atoms with E-state index in [0.29, 0.717) is 22.3 Å². The Morgan fingerprint density at radius 1 is 1.10 bits per heavy atom. The molecule has 0 saturated heterocycles. The van der Waals surface area contributed by atoms with Crippen molar-refractivity contribution < 1.29 is 17.4 Å². The Balaban J connectivity index is 2.17. The predicted octanol–water partition coefficient (Wildman–Crippen LogP) is 5.55. The molecule has 1 N–H and O–H groups in total. The van der Waals surface area contributed by atoms with Crippen LogP contribution in [0.4, 0.5) is 10.5 Å². The minimum Gasteiger partial charge on any atom is -0.382 e. The Morgan fingerprint density at radius 3 is 2.21 bits per heavy atom. The number of carbonyl (C=O) groups is 1. The number of urea groups is 1. The molecule has 0 bridgehead atoms. The van der Waals surface area contributed by atoms with E-state index < -0.39 is 10.1 Å². The van der Waals surface area contributed by atoms with Gasteiger partial charge in [0.05, 0.1) is 21.5 Å². The van der Waals surface area contributed by atoms with Gasteiger partial charge in [0.1, 0.15) is 5.75 Å². The van der Waals surface area contributed by atoms with Crippen molar-refractivity contribution in [2.45, 2.75) is 39.8 Å². The van der Waals surface area contributed by atoms with Gasteiger partial charge in [-0.3, -0.25) is 0 Å². The standard InChI is InChI=1S/C20H24Cl2N2O4S/c1-4-14(3)24(20(25)23-19-17(21)7-6-8-18(19)22)13-15-9-11-16(12-10-15)28-29(26,27)5-2/h6-12,14H,4-5,13H2,1-3H3,(H,23,25). The fourth-order valence-corrected chi connectivity index (χ4v) is 3.51. The molecule has 0 heterocycles. The summed E-state index contributed by atoms with van der Waals surface area (Å²) in [4.78, 5) is 14.6. The third-order valence-corrected chi connectivity index (χ3v) is 6.21. The van der Waals surface area contributed by atoms with E-state index in [2.05, 4.69) is 5.32 Å². The SMILES string of the molecule is CCC(C)N(Cc1ccc(OS(=O)(=O)CC)cc1)C(=O)Nc1c(Cl)cccc1Cl. The molecule has 0 spiro atoms. The molecule has 158 valence electrons. The van der Waals surface area contributed by atoms with E-state index in [-0.39, 0.29) is 23.6 Å². The number of hydrogen-bond acceptors (Lipinski definition) is 4. The van der Waals surface area contributed by atoms with Gasteiger partial charge in [0.2, 0.25) is 0 Å². The zero-order valence-electron chi connectivity index (χ0n) is 16.5. The number of amides is 2. The zero-order valence-corrected chi connectivity index (χ0v) is 18.8. The Morgan fingerprint density at radius 2 is 1.69 bits per heavy atom. The Kier molecular flexibility index (Phi) is 8.19. The highest BCUT2D eigenvalue weighted by atomic mass is 35.5. The van der Waals surface area contributed by atoms with Crippen LogP contribution >= 0.6 is 23.2 Å². The largest absolute Gasteiger partial charge is 0.382 e. The zero-order chi connectivity index (χ0) is 21.6. The molecule has 2 aromatic rings. The third kappa shape index (κ3) is 6.52. The van der Waals surface area contributed by atoms with Crippen molar-refractivity contribution in [1.29, 1.82) is 0 Å². The summed E-state index contributed by atoms with van der Waals surface area (Å²) >= 11 is 12.3. The van der Waals surface area contributed by atoms with Crippen molar-refractivity contribution >= 4 is 45.0 Å². The molecule has 2 amide bonds. The first-order valence-electron chi connectivity index (χ1n) is 9.19. The van der Waals surface area contributed by atoms with E-state index >= 15 is 0 Å². The molecule has 0 aromatic heterocycles. The maximum atomic E-state index is 12.9. The highest BCUT2D eigenvalue weighted by molar-refractivity contribution is 7.87. The molecule has 6 nitrogen and oxygen atoms in total. The van der Waals surface area contributed by atoms with Crippen molar-refractivity contribution in [3.8, 4) is 5.75 Å². The van der Waals surface area contributed by atoms with Gasteiger partial charge in [-0.05, 0) is 50.1 Å².